The Labute approximate surface area is 145 Å². The fourth-order valence-electron chi connectivity index (χ4n) is 2.82. The Morgan fingerprint density at radius 3 is 2.16 bits per heavy atom. The van der Waals surface area contributed by atoms with Crippen molar-refractivity contribution in [1.82, 2.24) is 0 Å². The van der Waals surface area contributed by atoms with E-state index >= 15 is 0 Å². The molecule has 0 aliphatic heterocycles. The molecule has 0 aromatic heterocycles. The number of fused-ring (bicyclic) bond motifs is 1. The van der Waals surface area contributed by atoms with Gasteiger partial charge in [0, 0.05) is 16.9 Å². The predicted octanol–water partition coefficient (Wildman–Crippen LogP) is 3.69. The van der Waals surface area contributed by atoms with E-state index in [4.69, 9.17) is 9.47 Å². The standard InChI is InChI=1S/C21H20F2O2/c1-12(2)24-14-10-17-15(20(11-14)25-13(3)4)8-9-16(17)21-18(22)6-5-7-19(21)23/h5-7,9-13H,1-4H3. The van der Waals surface area contributed by atoms with Crippen molar-refractivity contribution in [3.63, 3.8) is 0 Å². The molecule has 0 saturated heterocycles. The van der Waals surface area contributed by atoms with Gasteiger partial charge in [-0.25, -0.2) is 8.78 Å². The predicted molar refractivity (Wildman–Crippen MR) is 94.1 cm³/mol. The first-order valence-electron chi connectivity index (χ1n) is 8.29. The highest BCUT2D eigenvalue weighted by molar-refractivity contribution is 5.80. The second kappa shape index (κ2) is 6.73. The fraction of sp³-hybridized carbons (Fsp3) is 0.286. The third kappa shape index (κ3) is 3.45. The minimum atomic E-state index is -0.609. The molecular formula is C21H20F2O2. The first-order chi connectivity index (χ1) is 11.9. The molecule has 0 bridgehead atoms. The molecule has 0 spiro atoms. The van der Waals surface area contributed by atoms with Gasteiger partial charge in [-0.2, -0.15) is 0 Å². The summed E-state index contributed by atoms with van der Waals surface area (Å²) in [4.78, 5) is 0. The van der Waals surface area contributed by atoms with Gasteiger partial charge in [-0.15, -0.1) is 5.73 Å². The van der Waals surface area contributed by atoms with Crippen LogP contribution in [0.15, 0.2) is 36.4 Å². The number of rotatable bonds is 5. The van der Waals surface area contributed by atoms with Gasteiger partial charge >= 0.3 is 0 Å². The average molecular weight is 342 g/mol. The van der Waals surface area contributed by atoms with Crippen LogP contribution in [0.5, 0.6) is 11.5 Å². The highest BCUT2D eigenvalue weighted by atomic mass is 19.1. The maximum Gasteiger partial charge on any atom is 0.138 e. The van der Waals surface area contributed by atoms with Crippen LogP contribution in [0.25, 0.3) is 11.3 Å². The lowest BCUT2D eigenvalue weighted by Gasteiger charge is -2.14. The number of allylic oxidation sites excluding steroid dienone is 1. The number of hydrogen-bond acceptors (Lipinski definition) is 2. The number of halogens is 2. The summed E-state index contributed by atoms with van der Waals surface area (Å²) in [6.45, 7) is 7.67. The van der Waals surface area contributed by atoms with Crippen molar-refractivity contribution in [2.45, 2.75) is 39.9 Å². The van der Waals surface area contributed by atoms with Crippen molar-refractivity contribution in [2.75, 3.05) is 0 Å². The lowest BCUT2D eigenvalue weighted by atomic mass is 10.0. The summed E-state index contributed by atoms with van der Waals surface area (Å²) in [5.41, 5.74) is 3.46. The molecule has 1 aliphatic carbocycles. The summed E-state index contributed by atoms with van der Waals surface area (Å²) in [5, 5.41) is 1.33. The first-order valence-corrected chi connectivity index (χ1v) is 8.29. The largest absolute Gasteiger partial charge is 0.491 e. The van der Waals surface area contributed by atoms with Crippen LogP contribution in [0.3, 0.4) is 0 Å². The van der Waals surface area contributed by atoms with E-state index in [9.17, 15) is 8.78 Å². The van der Waals surface area contributed by atoms with Crippen LogP contribution >= 0.6 is 0 Å². The molecule has 0 amide bonds. The number of ether oxygens (including phenoxy) is 2. The van der Waals surface area contributed by atoms with Crippen molar-refractivity contribution >= 4 is 11.3 Å². The Bertz CT molecular complexity index is 948. The van der Waals surface area contributed by atoms with Crippen LogP contribution in [0.2, 0.25) is 0 Å². The summed E-state index contributed by atoms with van der Waals surface area (Å²) < 4.78 is 40.1. The van der Waals surface area contributed by atoms with Gasteiger partial charge in [-0.3, -0.25) is 0 Å². The Kier molecular flexibility index (Phi) is 4.65. The van der Waals surface area contributed by atoms with Crippen LogP contribution < -0.4 is 19.9 Å². The molecule has 2 aromatic carbocycles. The van der Waals surface area contributed by atoms with Crippen LogP contribution in [-0.2, 0) is 0 Å². The summed E-state index contributed by atoms with van der Waals surface area (Å²) in [5.74, 6) is -0.0355. The molecule has 0 N–H and O–H groups in total. The Hall–Kier alpha value is -2.58. The molecule has 0 unspecified atom stereocenters. The van der Waals surface area contributed by atoms with Crippen LogP contribution in [0.4, 0.5) is 8.78 Å². The molecular weight excluding hydrogens is 322 g/mol. The summed E-state index contributed by atoms with van der Waals surface area (Å²) >= 11 is 0. The molecule has 25 heavy (non-hydrogen) atoms. The average Bonchev–Trinajstić information content (AvgIpc) is 2.90. The monoisotopic (exact) mass is 342 g/mol. The minimum absolute atomic E-state index is 0.0306. The van der Waals surface area contributed by atoms with Crippen LogP contribution in [0.1, 0.15) is 33.3 Å². The molecule has 0 radical (unpaired) electrons. The van der Waals surface area contributed by atoms with Crippen molar-refractivity contribution < 1.29 is 18.3 Å². The van der Waals surface area contributed by atoms with E-state index in [-0.39, 0.29) is 17.8 Å². The Morgan fingerprint density at radius 2 is 1.56 bits per heavy atom. The van der Waals surface area contributed by atoms with E-state index in [0.29, 0.717) is 27.5 Å². The lowest BCUT2D eigenvalue weighted by Crippen LogP contribution is -2.28. The van der Waals surface area contributed by atoms with Crippen LogP contribution in [0, 0.1) is 11.6 Å². The number of benzene rings is 2. The van der Waals surface area contributed by atoms with E-state index in [1.165, 1.54) is 18.2 Å². The molecule has 2 aromatic rings. The Balaban J connectivity index is 2.29. The highest BCUT2D eigenvalue weighted by Gasteiger charge is 2.17. The molecule has 0 fully saturated rings. The summed E-state index contributed by atoms with van der Waals surface area (Å²) in [6.07, 6.45) is 1.52. The van der Waals surface area contributed by atoms with Crippen molar-refractivity contribution in [2.24, 2.45) is 0 Å². The van der Waals surface area contributed by atoms with Gasteiger partial charge in [0.2, 0.25) is 0 Å². The van der Waals surface area contributed by atoms with Gasteiger partial charge in [0.05, 0.1) is 23.0 Å². The molecule has 130 valence electrons. The zero-order valence-corrected chi connectivity index (χ0v) is 14.7. The molecule has 0 atom stereocenters. The quantitative estimate of drug-likeness (QED) is 0.825. The first kappa shape index (κ1) is 17.2. The highest BCUT2D eigenvalue weighted by Crippen LogP contribution is 2.24. The molecule has 0 saturated carbocycles. The van der Waals surface area contributed by atoms with E-state index in [2.05, 4.69) is 5.73 Å². The van der Waals surface area contributed by atoms with E-state index in [0.717, 1.165) is 0 Å². The molecule has 0 heterocycles. The van der Waals surface area contributed by atoms with Gasteiger partial charge in [-0.05, 0) is 52.0 Å². The van der Waals surface area contributed by atoms with Gasteiger partial charge in [0.25, 0.3) is 0 Å². The smallest absolute Gasteiger partial charge is 0.138 e. The van der Waals surface area contributed by atoms with Crippen molar-refractivity contribution in [3.8, 4) is 11.5 Å². The molecule has 3 rings (SSSR count). The molecule has 4 heteroatoms. The molecule has 2 nitrogen and oxygen atoms in total. The van der Waals surface area contributed by atoms with Gasteiger partial charge in [-0.1, -0.05) is 6.07 Å². The zero-order valence-electron chi connectivity index (χ0n) is 14.7. The normalized spacial score (nSPS) is 12.6. The third-order valence-corrected chi connectivity index (χ3v) is 3.69. The van der Waals surface area contributed by atoms with E-state index in [1.54, 1.807) is 18.2 Å². The maximum atomic E-state index is 14.2. The summed E-state index contributed by atoms with van der Waals surface area (Å²) in [6, 6.07) is 7.42. The maximum absolute atomic E-state index is 14.2. The van der Waals surface area contributed by atoms with Crippen LogP contribution in [-0.4, -0.2) is 12.2 Å². The lowest BCUT2D eigenvalue weighted by molar-refractivity contribution is 0.227. The molecule has 1 aliphatic rings. The van der Waals surface area contributed by atoms with E-state index < -0.39 is 11.6 Å². The number of hydrogen-bond donors (Lipinski definition) is 0. The fourth-order valence-corrected chi connectivity index (χ4v) is 2.82. The zero-order chi connectivity index (χ0) is 18.1. The van der Waals surface area contributed by atoms with Crippen molar-refractivity contribution in [3.05, 3.63) is 64.0 Å². The second-order valence-electron chi connectivity index (χ2n) is 6.48. The minimum Gasteiger partial charge on any atom is -0.491 e. The van der Waals surface area contributed by atoms with Gasteiger partial charge in [0.15, 0.2) is 0 Å². The topological polar surface area (TPSA) is 18.5 Å². The van der Waals surface area contributed by atoms with Gasteiger partial charge < -0.3 is 9.47 Å². The van der Waals surface area contributed by atoms with Crippen molar-refractivity contribution in [1.29, 1.82) is 0 Å². The third-order valence-electron chi connectivity index (χ3n) is 3.69. The SMILES string of the molecule is CC(C)Oc1cc(OC(C)C)c2c(c1)=C(c1c(F)cccc1F)C=C=2. The van der Waals surface area contributed by atoms with E-state index in [1.807, 2.05) is 27.7 Å². The second-order valence-corrected chi connectivity index (χ2v) is 6.48. The summed E-state index contributed by atoms with van der Waals surface area (Å²) in [7, 11) is 0. The van der Waals surface area contributed by atoms with Gasteiger partial charge in [0.1, 0.15) is 23.1 Å². The Morgan fingerprint density at radius 1 is 0.920 bits per heavy atom.